The van der Waals surface area contributed by atoms with Crippen LogP contribution in [-0.4, -0.2) is 18.7 Å². The summed E-state index contributed by atoms with van der Waals surface area (Å²) in [5.41, 5.74) is -0.0893. The monoisotopic (exact) mass is 329 g/mol. The first-order valence-corrected chi connectivity index (χ1v) is 7.79. The van der Waals surface area contributed by atoms with Crippen molar-refractivity contribution in [2.24, 2.45) is 0 Å². The first-order chi connectivity index (χ1) is 9.13. The highest BCUT2D eigenvalue weighted by molar-refractivity contribution is 9.10. The normalized spacial score (nSPS) is 17.0. The summed E-state index contributed by atoms with van der Waals surface area (Å²) in [5.74, 6) is 0.366. The van der Waals surface area contributed by atoms with Crippen molar-refractivity contribution in [2.75, 3.05) is 13.1 Å². The minimum atomic E-state index is -0.261. The molecule has 2 rings (SSSR count). The molecule has 1 N–H and O–H groups in total. The Morgan fingerprint density at radius 1 is 1.32 bits per heavy atom. The highest BCUT2D eigenvalue weighted by Gasteiger charge is 2.38. The zero-order chi connectivity index (χ0) is 13.7. The molecule has 1 aromatic carbocycles. The van der Waals surface area contributed by atoms with Crippen molar-refractivity contribution < 1.29 is 9.13 Å². The Morgan fingerprint density at radius 2 is 2.11 bits per heavy atom. The molecule has 1 aliphatic carbocycles. The van der Waals surface area contributed by atoms with Crippen molar-refractivity contribution in [3.8, 4) is 5.75 Å². The van der Waals surface area contributed by atoms with E-state index in [1.54, 1.807) is 0 Å². The van der Waals surface area contributed by atoms with Crippen molar-refractivity contribution in [1.29, 1.82) is 0 Å². The van der Waals surface area contributed by atoms with Gasteiger partial charge in [0, 0.05) is 10.5 Å². The lowest BCUT2D eigenvalue weighted by Crippen LogP contribution is -2.45. The molecule has 0 aromatic heterocycles. The van der Waals surface area contributed by atoms with Gasteiger partial charge in [0.2, 0.25) is 0 Å². The van der Waals surface area contributed by atoms with Gasteiger partial charge >= 0.3 is 0 Å². The van der Waals surface area contributed by atoms with E-state index in [0.717, 1.165) is 43.2 Å². The molecule has 0 saturated heterocycles. The van der Waals surface area contributed by atoms with E-state index >= 15 is 0 Å². The number of hydrogen-bond acceptors (Lipinski definition) is 2. The van der Waals surface area contributed by atoms with Crippen molar-refractivity contribution >= 4 is 15.9 Å². The van der Waals surface area contributed by atoms with Crippen LogP contribution in [0, 0.1) is 5.82 Å². The van der Waals surface area contributed by atoms with Gasteiger partial charge in [0.05, 0.1) is 0 Å². The maximum absolute atomic E-state index is 13.4. The SMILES string of the molecule is CCCNCCC1(Oc2cc(F)cc(Br)c2)CCC1. The van der Waals surface area contributed by atoms with Crippen LogP contribution in [-0.2, 0) is 0 Å². The van der Waals surface area contributed by atoms with E-state index in [9.17, 15) is 4.39 Å². The number of rotatable bonds is 7. The Bertz CT molecular complexity index is 400. The average Bonchev–Trinajstić information content (AvgIpc) is 2.30. The Kier molecular flexibility index (Phi) is 5.22. The summed E-state index contributed by atoms with van der Waals surface area (Å²) < 4.78 is 20.1. The van der Waals surface area contributed by atoms with Gasteiger partial charge in [0.25, 0.3) is 0 Å². The third-order valence-electron chi connectivity index (χ3n) is 3.62. The Labute approximate surface area is 122 Å². The molecular weight excluding hydrogens is 309 g/mol. The second-order valence-corrected chi connectivity index (χ2v) is 6.16. The molecular formula is C15H21BrFNO. The van der Waals surface area contributed by atoms with E-state index in [-0.39, 0.29) is 11.4 Å². The fourth-order valence-electron chi connectivity index (χ4n) is 2.43. The van der Waals surface area contributed by atoms with E-state index in [1.807, 2.05) is 6.07 Å². The quantitative estimate of drug-likeness (QED) is 0.754. The molecule has 19 heavy (non-hydrogen) atoms. The largest absolute Gasteiger partial charge is 0.487 e. The smallest absolute Gasteiger partial charge is 0.128 e. The highest BCUT2D eigenvalue weighted by atomic mass is 79.9. The number of hydrogen-bond donors (Lipinski definition) is 1. The van der Waals surface area contributed by atoms with Crippen LogP contribution >= 0.6 is 15.9 Å². The summed E-state index contributed by atoms with van der Waals surface area (Å²) in [6, 6.07) is 4.75. The van der Waals surface area contributed by atoms with Crippen molar-refractivity contribution in [3.63, 3.8) is 0 Å². The fourth-order valence-corrected chi connectivity index (χ4v) is 2.87. The van der Waals surface area contributed by atoms with Gasteiger partial charge in [-0.3, -0.25) is 0 Å². The lowest BCUT2D eigenvalue weighted by Gasteiger charge is -2.42. The van der Waals surface area contributed by atoms with E-state index in [1.165, 1.54) is 18.6 Å². The third-order valence-corrected chi connectivity index (χ3v) is 4.08. The molecule has 1 fully saturated rings. The molecule has 0 heterocycles. The molecule has 0 aliphatic heterocycles. The summed E-state index contributed by atoms with van der Waals surface area (Å²) in [6.45, 7) is 4.17. The van der Waals surface area contributed by atoms with Gasteiger partial charge in [0.1, 0.15) is 17.2 Å². The standard InChI is InChI=1S/C15H21BrFNO/c1-2-7-18-8-6-15(4-3-5-15)19-14-10-12(16)9-13(17)11-14/h9-11,18H,2-8H2,1H3. The van der Waals surface area contributed by atoms with Crippen LogP contribution in [0.5, 0.6) is 5.75 Å². The topological polar surface area (TPSA) is 21.3 Å². The van der Waals surface area contributed by atoms with E-state index in [4.69, 9.17) is 4.74 Å². The predicted octanol–water partition coefficient (Wildman–Crippen LogP) is 4.28. The van der Waals surface area contributed by atoms with Crippen LogP contribution in [0.2, 0.25) is 0 Å². The molecule has 1 saturated carbocycles. The minimum Gasteiger partial charge on any atom is -0.487 e. The average molecular weight is 330 g/mol. The summed E-state index contributed by atoms with van der Waals surface area (Å²) in [7, 11) is 0. The summed E-state index contributed by atoms with van der Waals surface area (Å²) >= 11 is 3.30. The minimum absolute atomic E-state index is 0.0893. The zero-order valence-electron chi connectivity index (χ0n) is 11.3. The van der Waals surface area contributed by atoms with Gasteiger partial charge in [-0.2, -0.15) is 0 Å². The van der Waals surface area contributed by atoms with Crippen molar-refractivity contribution in [3.05, 3.63) is 28.5 Å². The van der Waals surface area contributed by atoms with Gasteiger partial charge < -0.3 is 10.1 Å². The second-order valence-electron chi connectivity index (χ2n) is 5.24. The number of ether oxygens (including phenoxy) is 1. The molecule has 2 nitrogen and oxygen atoms in total. The second kappa shape index (κ2) is 6.71. The van der Waals surface area contributed by atoms with Crippen LogP contribution in [0.4, 0.5) is 4.39 Å². The molecule has 0 atom stereocenters. The third kappa shape index (κ3) is 4.18. The molecule has 4 heteroatoms. The maximum Gasteiger partial charge on any atom is 0.128 e. The predicted molar refractivity (Wildman–Crippen MR) is 79.1 cm³/mol. The first-order valence-electron chi connectivity index (χ1n) is 6.99. The Hall–Kier alpha value is -0.610. The van der Waals surface area contributed by atoms with Crippen molar-refractivity contribution in [2.45, 2.75) is 44.6 Å². The van der Waals surface area contributed by atoms with Gasteiger partial charge in [-0.15, -0.1) is 0 Å². The molecule has 0 spiro atoms. The Morgan fingerprint density at radius 3 is 2.68 bits per heavy atom. The van der Waals surface area contributed by atoms with Gasteiger partial charge in [0.15, 0.2) is 0 Å². The van der Waals surface area contributed by atoms with Gasteiger partial charge in [-0.25, -0.2) is 4.39 Å². The molecule has 0 bridgehead atoms. The first kappa shape index (κ1) is 14.8. The van der Waals surface area contributed by atoms with Crippen LogP contribution in [0.25, 0.3) is 0 Å². The molecule has 1 aromatic rings. The van der Waals surface area contributed by atoms with Gasteiger partial charge in [-0.05, 0) is 57.3 Å². The molecule has 106 valence electrons. The lowest BCUT2D eigenvalue weighted by atomic mass is 9.77. The van der Waals surface area contributed by atoms with Crippen LogP contribution in [0.1, 0.15) is 39.0 Å². The number of nitrogens with one attached hydrogen (secondary N) is 1. The summed E-state index contributed by atoms with van der Waals surface area (Å²) in [6.07, 6.45) is 5.46. The van der Waals surface area contributed by atoms with Crippen LogP contribution < -0.4 is 10.1 Å². The maximum atomic E-state index is 13.4. The van der Waals surface area contributed by atoms with E-state index < -0.39 is 0 Å². The fraction of sp³-hybridized carbons (Fsp3) is 0.600. The molecule has 1 aliphatic rings. The van der Waals surface area contributed by atoms with E-state index in [0.29, 0.717) is 5.75 Å². The summed E-state index contributed by atoms with van der Waals surface area (Å²) in [4.78, 5) is 0. The lowest BCUT2D eigenvalue weighted by molar-refractivity contribution is -0.0144. The van der Waals surface area contributed by atoms with Crippen LogP contribution in [0.3, 0.4) is 0 Å². The summed E-state index contributed by atoms with van der Waals surface area (Å²) in [5, 5.41) is 3.40. The molecule has 0 radical (unpaired) electrons. The number of halogens is 2. The zero-order valence-corrected chi connectivity index (χ0v) is 12.9. The van der Waals surface area contributed by atoms with Crippen molar-refractivity contribution in [1.82, 2.24) is 5.32 Å². The highest BCUT2D eigenvalue weighted by Crippen LogP contribution is 2.39. The van der Waals surface area contributed by atoms with Crippen LogP contribution in [0.15, 0.2) is 22.7 Å². The molecule has 0 amide bonds. The van der Waals surface area contributed by atoms with Gasteiger partial charge in [-0.1, -0.05) is 22.9 Å². The van der Waals surface area contributed by atoms with E-state index in [2.05, 4.69) is 28.2 Å². The number of benzene rings is 1. The molecule has 0 unspecified atom stereocenters. The Balaban J connectivity index is 1.94.